The summed E-state index contributed by atoms with van der Waals surface area (Å²) >= 11 is 0. The molecule has 1 N–H and O–H groups in total. The van der Waals surface area contributed by atoms with Crippen molar-refractivity contribution in [2.45, 2.75) is 19.4 Å². The van der Waals surface area contributed by atoms with Gasteiger partial charge in [-0.1, -0.05) is 0 Å². The van der Waals surface area contributed by atoms with Crippen LogP contribution in [0.1, 0.15) is 23.8 Å². The Labute approximate surface area is 94.3 Å². The summed E-state index contributed by atoms with van der Waals surface area (Å²) in [6.45, 7) is 2.70. The maximum Gasteiger partial charge on any atom is 0.113 e. The van der Waals surface area contributed by atoms with Gasteiger partial charge in [0.15, 0.2) is 0 Å². The summed E-state index contributed by atoms with van der Waals surface area (Å²) in [5.41, 5.74) is 0.789. The van der Waals surface area contributed by atoms with Gasteiger partial charge in [-0.25, -0.2) is 0 Å². The van der Waals surface area contributed by atoms with E-state index in [1.807, 2.05) is 14.0 Å². The largest absolute Gasteiger partial charge is 0.387 e. The highest BCUT2D eigenvalue weighted by Gasteiger charge is 2.44. The highest BCUT2D eigenvalue weighted by Crippen LogP contribution is 2.41. The van der Waals surface area contributed by atoms with Crippen LogP contribution in [0.5, 0.6) is 0 Å². The molecule has 86 valence electrons. The van der Waals surface area contributed by atoms with Crippen molar-refractivity contribution in [3.05, 3.63) is 17.5 Å². The van der Waals surface area contributed by atoms with E-state index >= 15 is 0 Å². The number of aromatic nitrogens is 2. The number of aliphatic hydroxyl groups excluding tert-OH is 1. The molecule has 5 heteroatoms. The van der Waals surface area contributed by atoms with Gasteiger partial charge in [0.2, 0.25) is 0 Å². The first-order chi connectivity index (χ1) is 7.60. The zero-order valence-electron chi connectivity index (χ0n) is 9.47. The van der Waals surface area contributed by atoms with E-state index in [9.17, 15) is 10.4 Å². The van der Waals surface area contributed by atoms with Gasteiger partial charge in [0, 0.05) is 24.9 Å². The second-order valence-corrected chi connectivity index (χ2v) is 4.28. The number of nitrogens with zero attached hydrogens (tertiary/aromatic N) is 3. The Morgan fingerprint density at radius 3 is 2.94 bits per heavy atom. The van der Waals surface area contributed by atoms with Crippen LogP contribution in [0.15, 0.2) is 6.20 Å². The molecule has 2 rings (SSSR count). The van der Waals surface area contributed by atoms with Gasteiger partial charge >= 0.3 is 0 Å². The lowest BCUT2D eigenvalue weighted by atomic mass is 9.80. The van der Waals surface area contributed by atoms with E-state index in [1.54, 1.807) is 10.9 Å². The highest BCUT2D eigenvalue weighted by molar-refractivity contribution is 5.25. The highest BCUT2D eigenvalue weighted by atomic mass is 16.5. The molecule has 1 saturated heterocycles. The molecule has 1 aromatic heterocycles. The summed E-state index contributed by atoms with van der Waals surface area (Å²) in [5, 5.41) is 23.6. The van der Waals surface area contributed by atoms with Gasteiger partial charge in [-0.2, -0.15) is 10.4 Å². The van der Waals surface area contributed by atoms with Crippen LogP contribution in [0.25, 0.3) is 0 Å². The Hall–Kier alpha value is -1.38. The molecule has 2 heterocycles. The quantitative estimate of drug-likeness (QED) is 0.797. The fourth-order valence-electron chi connectivity index (χ4n) is 2.03. The summed E-state index contributed by atoms with van der Waals surface area (Å²) in [6.07, 6.45) is 1.37. The first-order valence-electron chi connectivity index (χ1n) is 5.26. The summed E-state index contributed by atoms with van der Waals surface area (Å²) in [6, 6.07) is 2.20. The number of nitriles is 1. The average Bonchev–Trinajstić information content (AvgIpc) is 2.88. The third-order valence-electron chi connectivity index (χ3n) is 3.37. The van der Waals surface area contributed by atoms with Crippen molar-refractivity contribution in [1.82, 2.24) is 9.78 Å². The summed E-state index contributed by atoms with van der Waals surface area (Å²) in [5.74, 6) is 0. The van der Waals surface area contributed by atoms with Gasteiger partial charge in [-0.15, -0.1) is 0 Å². The molecule has 2 unspecified atom stereocenters. The van der Waals surface area contributed by atoms with Crippen molar-refractivity contribution in [3.63, 3.8) is 0 Å². The molecule has 0 bridgehead atoms. The second-order valence-electron chi connectivity index (χ2n) is 4.28. The minimum atomic E-state index is -0.825. The number of aliphatic hydroxyl groups is 1. The van der Waals surface area contributed by atoms with Crippen molar-refractivity contribution in [2.24, 2.45) is 12.5 Å². The van der Waals surface area contributed by atoms with Crippen LogP contribution >= 0.6 is 0 Å². The number of aryl methyl sites for hydroxylation is 1. The fraction of sp³-hybridized carbons (Fsp3) is 0.636. The van der Waals surface area contributed by atoms with E-state index in [0.29, 0.717) is 19.6 Å². The van der Waals surface area contributed by atoms with E-state index in [4.69, 9.17) is 4.74 Å². The van der Waals surface area contributed by atoms with E-state index in [0.717, 1.165) is 11.3 Å². The number of hydrogen-bond acceptors (Lipinski definition) is 4. The van der Waals surface area contributed by atoms with Gasteiger partial charge in [-0.05, 0) is 13.3 Å². The molecule has 0 amide bonds. The first-order valence-corrected chi connectivity index (χ1v) is 5.26. The third-order valence-corrected chi connectivity index (χ3v) is 3.37. The van der Waals surface area contributed by atoms with Gasteiger partial charge < -0.3 is 9.84 Å². The molecular formula is C11H15N3O2. The molecule has 0 aliphatic carbocycles. The van der Waals surface area contributed by atoms with Crippen LogP contribution in [0, 0.1) is 23.7 Å². The number of hydrogen-bond donors (Lipinski definition) is 1. The number of rotatable bonds is 2. The van der Waals surface area contributed by atoms with E-state index in [1.165, 1.54) is 0 Å². The van der Waals surface area contributed by atoms with Gasteiger partial charge in [0.05, 0.1) is 18.9 Å². The van der Waals surface area contributed by atoms with Crippen molar-refractivity contribution >= 4 is 0 Å². The molecule has 0 saturated carbocycles. The van der Waals surface area contributed by atoms with Crippen molar-refractivity contribution in [3.8, 4) is 6.07 Å². The monoisotopic (exact) mass is 221 g/mol. The van der Waals surface area contributed by atoms with E-state index in [2.05, 4.69) is 11.2 Å². The third kappa shape index (κ3) is 1.51. The average molecular weight is 221 g/mol. The lowest BCUT2D eigenvalue weighted by Gasteiger charge is -2.25. The van der Waals surface area contributed by atoms with Crippen molar-refractivity contribution < 1.29 is 9.84 Å². The minimum Gasteiger partial charge on any atom is -0.387 e. The van der Waals surface area contributed by atoms with E-state index < -0.39 is 11.5 Å². The predicted molar refractivity (Wildman–Crippen MR) is 56.4 cm³/mol. The molecule has 1 aliphatic heterocycles. The van der Waals surface area contributed by atoms with Crippen LogP contribution in [0.3, 0.4) is 0 Å². The normalized spacial score (nSPS) is 26.6. The Morgan fingerprint density at radius 2 is 2.50 bits per heavy atom. The molecule has 1 aliphatic rings. The van der Waals surface area contributed by atoms with Crippen LogP contribution in [0.2, 0.25) is 0 Å². The predicted octanol–water partition coefficient (Wildman–Crippen LogP) is 0.692. The second kappa shape index (κ2) is 3.89. The molecule has 0 aromatic carbocycles. The SMILES string of the molecule is Cc1c(C(O)C2(C#N)CCOC2)cnn1C. The first kappa shape index (κ1) is 11.1. The fourth-order valence-corrected chi connectivity index (χ4v) is 2.03. The van der Waals surface area contributed by atoms with Gasteiger partial charge in [0.25, 0.3) is 0 Å². The summed E-state index contributed by atoms with van der Waals surface area (Å²) < 4.78 is 6.92. The Morgan fingerprint density at radius 1 is 1.75 bits per heavy atom. The summed E-state index contributed by atoms with van der Waals surface area (Å²) in [4.78, 5) is 0. The Balaban J connectivity index is 2.34. The topological polar surface area (TPSA) is 71.1 Å². The van der Waals surface area contributed by atoms with Gasteiger partial charge in [0.1, 0.15) is 11.5 Å². The van der Waals surface area contributed by atoms with Crippen LogP contribution < -0.4 is 0 Å². The van der Waals surface area contributed by atoms with Crippen molar-refractivity contribution in [1.29, 1.82) is 5.26 Å². The Kier molecular flexibility index (Phi) is 2.70. The van der Waals surface area contributed by atoms with E-state index in [-0.39, 0.29) is 0 Å². The molecule has 2 atom stereocenters. The van der Waals surface area contributed by atoms with Crippen LogP contribution in [-0.2, 0) is 11.8 Å². The molecule has 0 radical (unpaired) electrons. The zero-order valence-corrected chi connectivity index (χ0v) is 9.47. The van der Waals surface area contributed by atoms with Crippen LogP contribution in [0.4, 0.5) is 0 Å². The smallest absolute Gasteiger partial charge is 0.113 e. The maximum absolute atomic E-state index is 10.3. The zero-order chi connectivity index (χ0) is 11.8. The van der Waals surface area contributed by atoms with Gasteiger partial charge in [-0.3, -0.25) is 4.68 Å². The van der Waals surface area contributed by atoms with Crippen LogP contribution in [-0.4, -0.2) is 28.1 Å². The molecule has 1 fully saturated rings. The lowest BCUT2D eigenvalue weighted by Crippen LogP contribution is -2.28. The van der Waals surface area contributed by atoms with Crippen molar-refractivity contribution in [2.75, 3.05) is 13.2 Å². The molecule has 5 nitrogen and oxygen atoms in total. The number of ether oxygens (including phenoxy) is 1. The standard InChI is InChI=1S/C11H15N3O2/c1-8-9(5-13-14(8)2)10(15)11(6-12)3-4-16-7-11/h5,10,15H,3-4,7H2,1-2H3. The molecule has 16 heavy (non-hydrogen) atoms. The minimum absolute atomic E-state index is 0.291. The molecule has 0 spiro atoms. The summed E-state index contributed by atoms with van der Waals surface area (Å²) in [7, 11) is 1.82. The maximum atomic E-state index is 10.3. The molecule has 1 aromatic rings. The Bertz CT molecular complexity index is 427. The molecular weight excluding hydrogens is 206 g/mol. The lowest BCUT2D eigenvalue weighted by molar-refractivity contribution is 0.0499.